The van der Waals surface area contributed by atoms with Crippen molar-refractivity contribution in [2.75, 3.05) is 26.4 Å². The first kappa shape index (κ1) is 34.6. The highest BCUT2D eigenvalue weighted by Crippen LogP contribution is 2.55. The largest absolute Gasteiger partial charge is 0.379 e. The minimum atomic E-state index is 0.765. The standard InChI is InChI=1S/C22H36O2.C10H16.C4H10/c1-4-5-8-23-9-10-24-15-21-13-20-12-19(21)14-22(20)18-7-6-16(2)17(3)11-18;1-6-9(4)10(5)7-8(2)3;1-4(2)3/h6,11,18-22H,4-5,7-10,12-15H2,1-3H3;6-7H,2H2,1,3-5H3;4H,1-3H3/b;9-6-,10-7-;. The fourth-order valence-corrected chi connectivity index (χ4v) is 5.87. The SMILES string of the molecule is C=C(C)/C=C(C)\C(C)=C/C.CC(C)C.CCCCOCCOCC1CC2CC1CC2C1C=C(C)C(C)=CC1. The number of hydrogen-bond donors (Lipinski definition) is 0. The van der Waals surface area contributed by atoms with E-state index in [0.717, 1.165) is 73.9 Å². The normalized spacial score (nSPS) is 26.8. The smallest absolute Gasteiger partial charge is 0.0700 e. The van der Waals surface area contributed by atoms with Crippen molar-refractivity contribution >= 4 is 0 Å². The molecule has 0 aromatic rings. The number of hydrogen-bond acceptors (Lipinski definition) is 2. The van der Waals surface area contributed by atoms with Crippen molar-refractivity contribution in [3.8, 4) is 0 Å². The Morgan fingerprint density at radius 1 is 0.947 bits per heavy atom. The minimum absolute atomic E-state index is 0.765. The van der Waals surface area contributed by atoms with Gasteiger partial charge < -0.3 is 9.47 Å². The molecule has 2 fully saturated rings. The average molecular weight is 527 g/mol. The summed E-state index contributed by atoms with van der Waals surface area (Å²) < 4.78 is 11.5. The molecule has 218 valence electrons. The summed E-state index contributed by atoms with van der Waals surface area (Å²) in [5, 5.41) is 0. The summed E-state index contributed by atoms with van der Waals surface area (Å²) in [6, 6.07) is 0. The van der Waals surface area contributed by atoms with Crippen LogP contribution in [0.4, 0.5) is 0 Å². The predicted molar refractivity (Wildman–Crippen MR) is 168 cm³/mol. The van der Waals surface area contributed by atoms with Crippen LogP contribution in [0.5, 0.6) is 0 Å². The van der Waals surface area contributed by atoms with Crippen LogP contribution in [0.25, 0.3) is 0 Å². The monoisotopic (exact) mass is 526 g/mol. The van der Waals surface area contributed by atoms with Gasteiger partial charge in [-0.15, -0.1) is 0 Å². The molecule has 38 heavy (non-hydrogen) atoms. The summed E-state index contributed by atoms with van der Waals surface area (Å²) in [7, 11) is 0. The Labute approximate surface area is 237 Å². The molecule has 0 amide bonds. The second kappa shape index (κ2) is 18.8. The Bertz CT molecular complexity index is 806. The molecule has 0 N–H and O–H groups in total. The molecular weight excluding hydrogens is 464 g/mol. The molecule has 3 rings (SSSR count). The second-order valence-corrected chi connectivity index (χ2v) is 12.7. The van der Waals surface area contributed by atoms with Crippen molar-refractivity contribution in [3.63, 3.8) is 0 Å². The van der Waals surface area contributed by atoms with Crippen molar-refractivity contribution in [2.45, 2.75) is 108 Å². The molecule has 0 heterocycles. The Hall–Kier alpha value is -1.38. The molecule has 0 spiro atoms. The topological polar surface area (TPSA) is 18.5 Å². The summed E-state index contributed by atoms with van der Waals surface area (Å²) in [6.07, 6.45) is 17.2. The van der Waals surface area contributed by atoms with Crippen LogP contribution < -0.4 is 0 Å². The van der Waals surface area contributed by atoms with Crippen molar-refractivity contribution in [1.29, 1.82) is 0 Å². The molecule has 0 aliphatic heterocycles. The first-order chi connectivity index (χ1) is 18.0. The Balaban J connectivity index is 0.000000431. The van der Waals surface area contributed by atoms with Crippen molar-refractivity contribution in [2.24, 2.45) is 35.5 Å². The van der Waals surface area contributed by atoms with Crippen LogP contribution in [0.3, 0.4) is 0 Å². The van der Waals surface area contributed by atoms with Crippen LogP contribution in [0.15, 0.2) is 58.7 Å². The number of fused-ring (bicyclic) bond motifs is 2. The molecule has 3 aliphatic carbocycles. The van der Waals surface area contributed by atoms with Crippen LogP contribution in [-0.2, 0) is 9.47 Å². The van der Waals surface area contributed by atoms with E-state index in [0.29, 0.717) is 0 Å². The second-order valence-electron chi connectivity index (χ2n) is 12.7. The molecule has 0 aromatic heterocycles. The van der Waals surface area contributed by atoms with Gasteiger partial charge in [0.05, 0.1) is 13.2 Å². The van der Waals surface area contributed by atoms with E-state index in [1.165, 1.54) is 54.4 Å². The van der Waals surface area contributed by atoms with Gasteiger partial charge >= 0.3 is 0 Å². The summed E-state index contributed by atoms with van der Waals surface area (Å²) in [4.78, 5) is 0. The van der Waals surface area contributed by atoms with Crippen LogP contribution >= 0.6 is 0 Å². The highest BCUT2D eigenvalue weighted by atomic mass is 16.5. The van der Waals surface area contributed by atoms with Crippen molar-refractivity contribution in [1.82, 2.24) is 0 Å². The molecule has 5 unspecified atom stereocenters. The maximum absolute atomic E-state index is 5.92. The highest BCUT2D eigenvalue weighted by molar-refractivity contribution is 5.32. The van der Waals surface area contributed by atoms with E-state index in [1.807, 2.05) is 13.8 Å². The third-order valence-electron chi connectivity index (χ3n) is 8.25. The van der Waals surface area contributed by atoms with Crippen molar-refractivity contribution < 1.29 is 9.47 Å². The first-order valence-corrected chi connectivity index (χ1v) is 15.5. The van der Waals surface area contributed by atoms with Gasteiger partial charge in [-0.05, 0) is 115 Å². The quantitative estimate of drug-likeness (QED) is 0.197. The molecule has 5 atom stereocenters. The third kappa shape index (κ3) is 13.1. The molecule has 0 aromatic carbocycles. The maximum Gasteiger partial charge on any atom is 0.0700 e. The van der Waals surface area contributed by atoms with E-state index in [1.54, 1.807) is 0 Å². The molecule has 0 radical (unpaired) electrons. The van der Waals surface area contributed by atoms with Gasteiger partial charge in [0.15, 0.2) is 0 Å². The van der Waals surface area contributed by atoms with Gasteiger partial charge in [0, 0.05) is 13.2 Å². The predicted octanol–water partition coefficient (Wildman–Crippen LogP) is 10.5. The zero-order valence-corrected chi connectivity index (χ0v) is 26.9. The minimum Gasteiger partial charge on any atom is -0.379 e. The van der Waals surface area contributed by atoms with Gasteiger partial charge in [-0.1, -0.05) is 87.3 Å². The number of rotatable bonds is 11. The van der Waals surface area contributed by atoms with Crippen LogP contribution in [0, 0.1) is 35.5 Å². The Kier molecular flexibility index (Phi) is 17.2. The Morgan fingerprint density at radius 3 is 2.13 bits per heavy atom. The number of unbranched alkanes of at least 4 members (excludes halogenated alkanes) is 1. The number of allylic oxidation sites excluding steroid dienone is 9. The average Bonchev–Trinajstić information content (AvgIpc) is 3.45. The lowest BCUT2D eigenvalue weighted by Gasteiger charge is -2.33. The van der Waals surface area contributed by atoms with Gasteiger partial charge in [0.1, 0.15) is 0 Å². The molecular formula is C36H62O2. The van der Waals surface area contributed by atoms with Gasteiger partial charge in [0.25, 0.3) is 0 Å². The summed E-state index contributed by atoms with van der Waals surface area (Å²) in [6.45, 7) is 28.7. The fourth-order valence-electron chi connectivity index (χ4n) is 5.87. The number of ether oxygens (including phenoxy) is 2. The Morgan fingerprint density at radius 2 is 1.61 bits per heavy atom. The molecule has 2 bridgehead atoms. The van der Waals surface area contributed by atoms with E-state index >= 15 is 0 Å². The third-order valence-corrected chi connectivity index (χ3v) is 8.25. The molecule has 2 heteroatoms. The maximum atomic E-state index is 5.92. The van der Waals surface area contributed by atoms with E-state index < -0.39 is 0 Å². The first-order valence-electron chi connectivity index (χ1n) is 15.5. The van der Waals surface area contributed by atoms with Crippen LogP contribution in [0.2, 0.25) is 0 Å². The van der Waals surface area contributed by atoms with E-state index in [2.05, 4.69) is 86.3 Å². The van der Waals surface area contributed by atoms with Crippen LogP contribution in [0.1, 0.15) is 108 Å². The van der Waals surface area contributed by atoms with Gasteiger partial charge in [-0.2, -0.15) is 0 Å². The lowest BCUT2D eigenvalue weighted by Crippen LogP contribution is -2.27. The fraction of sp³-hybridized carbons (Fsp3) is 0.722. The lowest BCUT2D eigenvalue weighted by molar-refractivity contribution is 0.0199. The summed E-state index contributed by atoms with van der Waals surface area (Å²) >= 11 is 0. The van der Waals surface area contributed by atoms with Crippen LogP contribution in [-0.4, -0.2) is 26.4 Å². The van der Waals surface area contributed by atoms with E-state index in [9.17, 15) is 0 Å². The summed E-state index contributed by atoms with van der Waals surface area (Å²) in [5.74, 6) is 5.25. The summed E-state index contributed by atoms with van der Waals surface area (Å²) in [5.41, 5.74) is 6.73. The van der Waals surface area contributed by atoms with Gasteiger partial charge in [0.2, 0.25) is 0 Å². The highest BCUT2D eigenvalue weighted by Gasteiger charge is 2.47. The lowest BCUT2D eigenvalue weighted by atomic mass is 9.72. The zero-order chi connectivity index (χ0) is 28.7. The molecule has 3 aliphatic rings. The van der Waals surface area contributed by atoms with E-state index in [-0.39, 0.29) is 0 Å². The zero-order valence-electron chi connectivity index (χ0n) is 26.9. The molecule has 2 saturated carbocycles. The van der Waals surface area contributed by atoms with Crippen molar-refractivity contribution in [3.05, 3.63) is 58.7 Å². The van der Waals surface area contributed by atoms with Gasteiger partial charge in [-0.3, -0.25) is 0 Å². The van der Waals surface area contributed by atoms with Gasteiger partial charge in [-0.25, -0.2) is 0 Å². The molecule has 0 saturated heterocycles. The van der Waals surface area contributed by atoms with E-state index in [4.69, 9.17) is 9.47 Å². The molecule has 2 nitrogen and oxygen atoms in total.